The summed E-state index contributed by atoms with van der Waals surface area (Å²) in [5.41, 5.74) is 2.89. The number of carbonyl (C=O) groups is 1. The number of halogens is 2. The molecule has 4 aromatic rings. The molecule has 0 bridgehead atoms. The van der Waals surface area contributed by atoms with Gasteiger partial charge in [0.2, 0.25) is 5.91 Å². The maximum absolute atomic E-state index is 14.9. The molecule has 3 heterocycles. The largest absolute Gasteiger partial charge is 0.355 e. The Bertz CT molecular complexity index is 1670. The molecule has 2 aromatic carbocycles. The van der Waals surface area contributed by atoms with Gasteiger partial charge in [0.1, 0.15) is 11.6 Å². The van der Waals surface area contributed by atoms with Crippen molar-refractivity contribution in [3.05, 3.63) is 93.6 Å². The molecule has 0 N–H and O–H groups in total. The number of fused-ring (bicyclic) bond motifs is 1. The van der Waals surface area contributed by atoms with E-state index in [0.29, 0.717) is 48.6 Å². The minimum absolute atomic E-state index is 0.136. The summed E-state index contributed by atoms with van der Waals surface area (Å²) in [5, 5.41) is 0.815. The highest BCUT2D eigenvalue weighted by Crippen LogP contribution is 2.35. The Morgan fingerprint density at radius 3 is 2.64 bits per heavy atom. The van der Waals surface area contributed by atoms with Crippen molar-refractivity contribution in [3.63, 3.8) is 0 Å². The number of pyridine rings is 1. The van der Waals surface area contributed by atoms with Gasteiger partial charge in [-0.1, -0.05) is 55.4 Å². The van der Waals surface area contributed by atoms with Crippen molar-refractivity contribution < 1.29 is 9.18 Å². The van der Waals surface area contributed by atoms with Crippen LogP contribution in [0.2, 0.25) is 5.02 Å². The van der Waals surface area contributed by atoms with Gasteiger partial charge in [-0.3, -0.25) is 4.79 Å². The topological polar surface area (TPSA) is 71.3 Å². The van der Waals surface area contributed by atoms with Gasteiger partial charge in [0.15, 0.2) is 5.65 Å². The number of piperazine rings is 1. The summed E-state index contributed by atoms with van der Waals surface area (Å²) in [7, 11) is 0. The lowest BCUT2D eigenvalue weighted by molar-refractivity contribution is -0.126. The molecular weight excluding hydrogens is 517 g/mol. The third kappa shape index (κ3) is 4.69. The molecule has 1 atom stereocenters. The summed E-state index contributed by atoms with van der Waals surface area (Å²) < 4.78 is 16.4. The third-order valence-corrected chi connectivity index (χ3v) is 7.53. The molecule has 0 spiro atoms. The Kier molecular flexibility index (Phi) is 7.23. The van der Waals surface area contributed by atoms with Gasteiger partial charge in [-0.15, -0.1) is 0 Å². The van der Waals surface area contributed by atoms with Crippen molar-refractivity contribution in [2.45, 2.75) is 33.2 Å². The molecule has 5 rings (SSSR count). The second-order valence-corrected chi connectivity index (χ2v) is 10.1. The van der Waals surface area contributed by atoms with E-state index >= 15 is 0 Å². The molecule has 200 valence electrons. The average molecular weight is 546 g/mol. The molecular formula is C30H29ClFN5O2. The molecule has 1 aliphatic rings. The Morgan fingerprint density at radius 2 is 1.95 bits per heavy atom. The minimum atomic E-state index is -0.493. The van der Waals surface area contributed by atoms with Crippen molar-refractivity contribution in [1.29, 1.82) is 0 Å². The smallest absolute Gasteiger partial charge is 0.350 e. The highest BCUT2D eigenvalue weighted by atomic mass is 35.5. The number of carbonyl (C=O) groups excluding carboxylic acids is 1. The number of nitrogens with zero attached hydrogens (tertiary/aromatic N) is 5. The van der Waals surface area contributed by atoms with Crippen molar-refractivity contribution in [1.82, 2.24) is 19.4 Å². The number of anilines is 1. The highest BCUT2D eigenvalue weighted by Gasteiger charge is 2.30. The number of hydrogen-bond acceptors (Lipinski definition) is 5. The van der Waals surface area contributed by atoms with E-state index in [1.165, 1.54) is 16.7 Å². The normalized spacial score (nSPS) is 15.6. The maximum atomic E-state index is 14.9. The zero-order chi connectivity index (χ0) is 27.8. The van der Waals surface area contributed by atoms with Crippen LogP contribution in [0.3, 0.4) is 0 Å². The first-order valence-corrected chi connectivity index (χ1v) is 13.3. The Hall–Kier alpha value is -4.04. The molecule has 1 saturated heterocycles. The van der Waals surface area contributed by atoms with Crippen LogP contribution in [0.1, 0.15) is 25.0 Å². The summed E-state index contributed by atoms with van der Waals surface area (Å²) in [6.07, 6.45) is 2.00. The summed E-state index contributed by atoms with van der Waals surface area (Å²) in [5.74, 6) is -0.164. The molecule has 7 nitrogen and oxygen atoms in total. The van der Waals surface area contributed by atoms with Gasteiger partial charge < -0.3 is 9.80 Å². The zero-order valence-corrected chi connectivity index (χ0v) is 22.9. The number of benzene rings is 2. The Labute approximate surface area is 231 Å². The van der Waals surface area contributed by atoms with Crippen molar-refractivity contribution in [3.8, 4) is 16.9 Å². The highest BCUT2D eigenvalue weighted by molar-refractivity contribution is 6.33. The van der Waals surface area contributed by atoms with Crippen LogP contribution in [0.15, 0.2) is 66.0 Å². The van der Waals surface area contributed by atoms with Crippen LogP contribution < -0.4 is 10.6 Å². The zero-order valence-electron chi connectivity index (χ0n) is 22.1. The van der Waals surface area contributed by atoms with Crippen LogP contribution in [0.4, 0.5) is 10.2 Å². The fraction of sp³-hybridized carbons (Fsp3) is 0.267. The standard InChI is InChI=1S/C30H29ClFN5O2/c1-5-20-11-9-10-18(3)27(20)37-29-22(16-23(31)26(33-29)21-12-7-8-13-24(21)32)28(34-30(37)39)36-15-14-35(17-19(36)4)25(38)6-2/h6-13,16,19H,2,5,14-15,17H2,1,3-4H3. The fourth-order valence-electron chi connectivity index (χ4n) is 5.29. The first-order valence-electron chi connectivity index (χ1n) is 12.9. The van der Waals surface area contributed by atoms with E-state index in [4.69, 9.17) is 16.6 Å². The van der Waals surface area contributed by atoms with Crippen LogP contribution in [0, 0.1) is 12.7 Å². The molecule has 1 fully saturated rings. The molecule has 0 radical (unpaired) electrons. The number of aromatic nitrogens is 3. The molecule has 1 aliphatic heterocycles. The monoisotopic (exact) mass is 545 g/mol. The second-order valence-electron chi connectivity index (χ2n) is 9.69. The summed E-state index contributed by atoms with van der Waals surface area (Å²) in [6.45, 7) is 10.9. The molecule has 1 unspecified atom stereocenters. The molecule has 9 heteroatoms. The Morgan fingerprint density at radius 1 is 1.18 bits per heavy atom. The summed E-state index contributed by atoms with van der Waals surface area (Å²) in [4.78, 5) is 39.2. The van der Waals surface area contributed by atoms with Crippen LogP contribution in [0.25, 0.3) is 28.0 Å². The third-order valence-electron chi connectivity index (χ3n) is 7.24. The van der Waals surface area contributed by atoms with Gasteiger partial charge in [-0.05, 0) is 55.7 Å². The lowest BCUT2D eigenvalue weighted by atomic mass is 10.0. The molecule has 0 saturated carbocycles. The first-order chi connectivity index (χ1) is 18.7. The maximum Gasteiger partial charge on any atom is 0.355 e. The van der Waals surface area contributed by atoms with E-state index < -0.39 is 11.5 Å². The summed E-state index contributed by atoms with van der Waals surface area (Å²) in [6, 6.07) is 13.7. The molecule has 1 amide bonds. The van der Waals surface area contributed by atoms with E-state index in [1.54, 1.807) is 29.2 Å². The molecule has 0 aliphatic carbocycles. The number of amides is 1. The van der Waals surface area contributed by atoms with Gasteiger partial charge in [0, 0.05) is 31.2 Å². The summed E-state index contributed by atoms with van der Waals surface area (Å²) >= 11 is 6.74. The van der Waals surface area contributed by atoms with Crippen LogP contribution >= 0.6 is 11.6 Å². The molecule has 2 aromatic heterocycles. The number of rotatable bonds is 5. The average Bonchev–Trinajstić information content (AvgIpc) is 2.93. The lowest BCUT2D eigenvalue weighted by Crippen LogP contribution is -2.54. The lowest BCUT2D eigenvalue weighted by Gasteiger charge is -2.40. The van der Waals surface area contributed by atoms with Gasteiger partial charge in [0.25, 0.3) is 0 Å². The van der Waals surface area contributed by atoms with Crippen molar-refractivity contribution >= 4 is 34.4 Å². The van der Waals surface area contributed by atoms with Gasteiger partial charge in [0.05, 0.1) is 21.8 Å². The Balaban J connectivity index is 1.80. The molecule has 39 heavy (non-hydrogen) atoms. The van der Waals surface area contributed by atoms with Crippen LogP contribution in [0.5, 0.6) is 0 Å². The second kappa shape index (κ2) is 10.6. The predicted molar refractivity (Wildman–Crippen MR) is 153 cm³/mol. The van der Waals surface area contributed by atoms with Crippen LogP contribution in [-0.2, 0) is 11.2 Å². The first kappa shape index (κ1) is 26.6. The van der Waals surface area contributed by atoms with Gasteiger partial charge in [-0.2, -0.15) is 4.98 Å². The van der Waals surface area contributed by atoms with E-state index in [2.05, 4.69) is 11.6 Å². The van der Waals surface area contributed by atoms with E-state index in [1.807, 2.05) is 43.9 Å². The SMILES string of the molecule is C=CC(=O)N1CCN(c2nc(=O)n(-c3c(C)cccc3CC)c3nc(-c4ccccc4F)c(Cl)cc23)C(C)C1. The quantitative estimate of drug-likeness (QED) is 0.317. The number of aryl methyl sites for hydroxylation is 2. The van der Waals surface area contributed by atoms with E-state index in [9.17, 15) is 14.0 Å². The van der Waals surface area contributed by atoms with Gasteiger partial charge in [-0.25, -0.2) is 18.7 Å². The van der Waals surface area contributed by atoms with Gasteiger partial charge >= 0.3 is 5.69 Å². The van der Waals surface area contributed by atoms with E-state index in [-0.39, 0.29) is 28.2 Å². The van der Waals surface area contributed by atoms with E-state index in [0.717, 1.165) is 11.1 Å². The predicted octanol–water partition coefficient (Wildman–Crippen LogP) is 5.33. The number of hydrogen-bond donors (Lipinski definition) is 0. The van der Waals surface area contributed by atoms with Crippen molar-refractivity contribution in [2.75, 3.05) is 24.5 Å². The fourth-order valence-corrected chi connectivity index (χ4v) is 5.55. The minimum Gasteiger partial charge on any atom is -0.350 e. The van der Waals surface area contributed by atoms with Crippen molar-refractivity contribution in [2.24, 2.45) is 0 Å². The van der Waals surface area contributed by atoms with Crippen LogP contribution in [-0.4, -0.2) is 51.0 Å². The number of para-hydroxylation sites is 1.